The fourth-order valence-corrected chi connectivity index (χ4v) is 3.43. The molecule has 0 radical (unpaired) electrons. The smallest absolute Gasteiger partial charge is 0.242 e. The van der Waals surface area contributed by atoms with Crippen LogP contribution in [0.5, 0.6) is 0 Å². The first-order valence-corrected chi connectivity index (χ1v) is 7.80. The standard InChI is InChI=1S/C11H14ClN3O3S2/c1-6(4-10(13)16)15-20(17,18)9-5-7(11(14)19)2-3-8(9)12/h2-3,5-6,15H,4H2,1H3,(H2,13,16)(H2,14,19). The lowest BCUT2D eigenvalue weighted by atomic mass is 10.2. The number of hydrogen-bond donors (Lipinski definition) is 3. The van der Waals surface area contributed by atoms with Crippen LogP contribution in [0.2, 0.25) is 5.02 Å². The highest BCUT2D eigenvalue weighted by Crippen LogP contribution is 2.23. The number of amides is 1. The molecule has 0 bridgehead atoms. The van der Waals surface area contributed by atoms with E-state index in [1.807, 2.05) is 0 Å². The monoisotopic (exact) mass is 335 g/mol. The summed E-state index contributed by atoms with van der Waals surface area (Å²) in [6.45, 7) is 1.52. The molecule has 1 atom stereocenters. The van der Waals surface area contributed by atoms with Crippen LogP contribution in [0.25, 0.3) is 0 Å². The summed E-state index contributed by atoms with van der Waals surface area (Å²) in [6, 6.07) is 3.55. The lowest BCUT2D eigenvalue weighted by molar-refractivity contribution is -0.118. The van der Waals surface area contributed by atoms with Gasteiger partial charge in [-0.25, -0.2) is 13.1 Å². The van der Waals surface area contributed by atoms with Gasteiger partial charge in [0.15, 0.2) is 0 Å². The molecule has 1 rings (SSSR count). The molecule has 5 N–H and O–H groups in total. The summed E-state index contributed by atoms with van der Waals surface area (Å²) >= 11 is 10.7. The molecule has 0 heterocycles. The van der Waals surface area contributed by atoms with Gasteiger partial charge in [-0.05, 0) is 19.1 Å². The van der Waals surface area contributed by atoms with Crippen molar-refractivity contribution in [2.24, 2.45) is 11.5 Å². The van der Waals surface area contributed by atoms with Crippen LogP contribution in [0.15, 0.2) is 23.1 Å². The molecule has 20 heavy (non-hydrogen) atoms. The van der Waals surface area contributed by atoms with Gasteiger partial charge in [-0.3, -0.25) is 4.79 Å². The molecule has 0 spiro atoms. The van der Waals surface area contributed by atoms with Gasteiger partial charge in [0.2, 0.25) is 15.9 Å². The van der Waals surface area contributed by atoms with E-state index in [-0.39, 0.29) is 21.3 Å². The van der Waals surface area contributed by atoms with Gasteiger partial charge >= 0.3 is 0 Å². The lowest BCUT2D eigenvalue weighted by Crippen LogP contribution is -2.35. The quantitative estimate of drug-likeness (QED) is 0.655. The van der Waals surface area contributed by atoms with E-state index in [9.17, 15) is 13.2 Å². The SMILES string of the molecule is CC(CC(N)=O)NS(=O)(=O)c1cc(C(N)=S)ccc1Cl. The molecule has 6 nitrogen and oxygen atoms in total. The third-order valence-electron chi connectivity index (χ3n) is 2.37. The number of benzene rings is 1. The zero-order chi connectivity index (χ0) is 15.5. The normalized spacial score (nSPS) is 12.9. The fraction of sp³-hybridized carbons (Fsp3) is 0.273. The van der Waals surface area contributed by atoms with Gasteiger partial charge in [-0.1, -0.05) is 29.9 Å². The summed E-state index contributed by atoms with van der Waals surface area (Å²) in [5.41, 5.74) is 10.8. The van der Waals surface area contributed by atoms with Gasteiger partial charge in [-0.2, -0.15) is 0 Å². The molecule has 0 fully saturated rings. The predicted molar refractivity (Wildman–Crippen MR) is 80.9 cm³/mol. The van der Waals surface area contributed by atoms with Crippen molar-refractivity contribution in [3.63, 3.8) is 0 Å². The summed E-state index contributed by atoms with van der Waals surface area (Å²) in [6.07, 6.45) is -0.119. The van der Waals surface area contributed by atoms with Crippen LogP contribution in [0.4, 0.5) is 0 Å². The number of nitrogens with two attached hydrogens (primary N) is 2. The fourth-order valence-electron chi connectivity index (χ4n) is 1.53. The van der Waals surface area contributed by atoms with Crippen LogP contribution in [0, 0.1) is 0 Å². The Bertz CT molecular complexity index is 646. The number of nitrogens with one attached hydrogen (secondary N) is 1. The zero-order valence-electron chi connectivity index (χ0n) is 10.6. The van der Waals surface area contributed by atoms with Crippen LogP contribution >= 0.6 is 23.8 Å². The molecule has 1 aromatic carbocycles. The highest BCUT2D eigenvalue weighted by Gasteiger charge is 2.22. The first-order valence-electron chi connectivity index (χ1n) is 5.53. The molecule has 0 saturated carbocycles. The zero-order valence-corrected chi connectivity index (χ0v) is 13.0. The van der Waals surface area contributed by atoms with E-state index in [0.29, 0.717) is 5.56 Å². The van der Waals surface area contributed by atoms with Gasteiger partial charge in [0.05, 0.1) is 5.02 Å². The second-order valence-corrected chi connectivity index (χ2v) is 6.73. The van der Waals surface area contributed by atoms with Crippen LogP contribution in [-0.2, 0) is 14.8 Å². The molecule has 0 aliphatic rings. The minimum absolute atomic E-state index is 0.0313. The van der Waals surface area contributed by atoms with Crippen LogP contribution in [0.3, 0.4) is 0 Å². The Labute approximate surface area is 127 Å². The molecule has 1 aromatic rings. The summed E-state index contributed by atoms with van der Waals surface area (Å²) in [7, 11) is -3.90. The molecule has 9 heteroatoms. The molecule has 0 aliphatic heterocycles. The van der Waals surface area contributed by atoms with Crippen molar-refractivity contribution >= 4 is 44.7 Å². The highest BCUT2D eigenvalue weighted by molar-refractivity contribution is 7.89. The Hall–Kier alpha value is -1.22. The van der Waals surface area contributed by atoms with Crippen LogP contribution in [0.1, 0.15) is 18.9 Å². The van der Waals surface area contributed by atoms with Gasteiger partial charge in [0.25, 0.3) is 0 Å². The Kier molecular flexibility index (Phi) is 5.46. The van der Waals surface area contributed by atoms with E-state index in [0.717, 1.165) is 0 Å². The van der Waals surface area contributed by atoms with Crippen molar-refractivity contribution < 1.29 is 13.2 Å². The minimum Gasteiger partial charge on any atom is -0.389 e. The summed E-state index contributed by atoms with van der Waals surface area (Å²) in [5, 5.41) is 0.0313. The van der Waals surface area contributed by atoms with Crippen molar-refractivity contribution in [2.75, 3.05) is 0 Å². The van der Waals surface area contributed by atoms with Gasteiger partial charge in [-0.15, -0.1) is 0 Å². The van der Waals surface area contributed by atoms with E-state index in [1.54, 1.807) is 0 Å². The van der Waals surface area contributed by atoms with Crippen molar-refractivity contribution in [2.45, 2.75) is 24.3 Å². The van der Waals surface area contributed by atoms with E-state index in [1.165, 1.54) is 25.1 Å². The lowest BCUT2D eigenvalue weighted by Gasteiger charge is -2.14. The maximum absolute atomic E-state index is 12.2. The molecule has 110 valence electrons. The number of carbonyl (C=O) groups is 1. The van der Waals surface area contributed by atoms with E-state index in [2.05, 4.69) is 4.72 Å². The highest BCUT2D eigenvalue weighted by atomic mass is 35.5. The Balaban J connectivity index is 3.12. The van der Waals surface area contributed by atoms with E-state index >= 15 is 0 Å². The molecular formula is C11H14ClN3O3S2. The number of primary amides is 1. The van der Waals surface area contributed by atoms with Gasteiger partial charge in [0, 0.05) is 18.0 Å². The van der Waals surface area contributed by atoms with E-state index < -0.39 is 22.0 Å². The number of hydrogen-bond acceptors (Lipinski definition) is 4. The number of carbonyl (C=O) groups excluding carboxylic acids is 1. The number of sulfonamides is 1. The van der Waals surface area contributed by atoms with Crippen molar-refractivity contribution in [1.82, 2.24) is 4.72 Å². The molecule has 0 aliphatic carbocycles. The Morgan fingerprint density at radius 1 is 1.45 bits per heavy atom. The minimum atomic E-state index is -3.90. The van der Waals surface area contributed by atoms with Gasteiger partial charge in [0.1, 0.15) is 9.88 Å². The molecule has 0 saturated heterocycles. The first-order chi connectivity index (χ1) is 9.13. The van der Waals surface area contributed by atoms with Crippen molar-refractivity contribution in [3.05, 3.63) is 28.8 Å². The molecular weight excluding hydrogens is 322 g/mol. The molecule has 1 amide bonds. The Morgan fingerprint density at radius 3 is 2.55 bits per heavy atom. The maximum atomic E-state index is 12.2. The van der Waals surface area contributed by atoms with Crippen molar-refractivity contribution in [1.29, 1.82) is 0 Å². The second-order valence-electron chi connectivity index (χ2n) is 4.20. The Morgan fingerprint density at radius 2 is 2.05 bits per heavy atom. The first kappa shape index (κ1) is 16.8. The van der Waals surface area contributed by atoms with Crippen LogP contribution < -0.4 is 16.2 Å². The average molecular weight is 336 g/mol. The summed E-state index contributed by atoms with van der Waals surface area (Å²) < 4.78 is 26.7. The van der Waals surface area contributed by atoms with Gasteiger partial charge < -0.3 is 11.5 Å². The summed E-state index contributed by atoms with van der Waals surface area (Å²) in [4.78, 5) is 10.7. The topological polar surface area (TPSA) is 115 Å². The number of thiocarbonyl (C=S) groups is 1. The number of rotatable bonds is 6. The third kappa shape index (κ3) is 4.41. The van der Waals surface area contributed by atoms with E-state index in [4.69, 9.17) is 35.3 Å². The second kappa shape index (κ2) is 6.49. The van der Waals surface area contributed by atoms with Crippen molar-refractivity contribution in [3.8, 4) is 0 Å². The average Bonchev–Trinajstić information content (AvgIpc) is 2.26. The van der Waals surface area contributed by atoms with Crippen LogP contribution in [-0.4, -0.2) is 25.4 Å². The summed E-state index contributed by atoms with van der Waals surface area (Å²) in [5.74, 6) is -0.608. The molecule has 0 aromatic heterocycles. The predicted octanol–water partition coefficient (Wildman–Crippen LogP) is 0.516. The molecule has 1 unspecified atom stereocenters. The number of halogens is 1. The third-order valence-corrected chi connectivity index (χ3v) is 4.68. The maximum Gasteiger partial charge on any atom is 0.242 e. The largest absolute Gasteiger partial charge is 0.389 e.